The smallest absolute Gasteiger partial charge is 0.133 e. The zero-order chi connectivity index (χ0) is 14.1. The zero-order valence-corrected chi connectivity index (χ0v) is 12.0. The second-order valence-corrected chi connectivity index (χ2v) is 5.52. The molecule has 1 N–H and O–H groups in total. The third-order valence-electron chi connectivity index (χ3n) is 4.20. The van der Waals surface area contributed by atoms with Crippen molar-refractivity contribution in [1.29, 1.82) is 0 Å². The van der Waals surface area contributed by atoms with E-state index in [4.69, 9.17) is 9.73 Å². The first-order chi connectivity index (χ1) is 10.4. The highest BCUT2D eigenvalue weighted by molar-refractivity contribution is 6.25. The van der Waals surface area contributed by atoms with Crippen LogP contribution in [-0.2, 0) is 4.74 Å². The Hall–Kier alpha value is -1.91. The van der Waals surface area contributed by atoms with E-state index >= 15 is 0 Å². The van der Waals surface area contributed by atoms with Gasteiger partial charge >= 0.3 is 0 Å². The third kappa shape index (κ3) is 2.41. The molecular weight excluding hydrogens is 262 g/mol. The van der Waals surface area contributed by atoms with Gasteiger partial charge < -0.3 is 10.1 Å². The Bertz CT molecular complexity index is 684. The molecule has 0 spiro atoms. The molecule has 0 aromatic heterocycles. The van der Waals surface area contributed by atoms with Crippen LogP contribution in [0.25, 0.3) is 10.8 Å². The molecule has 4 rings (SSSR count). The standard InChI is InChI=1S/C17H19N3O/c1-3-13-4-2-6-15-16(13)14(5-1)17(19-15)18-7-8-20-9-11-21-12-10-20/h1-6H,7-12H2,(H,18,19). The first-order valence-electron chi connectivity index (χ1n) is 7.55. The average molecular weight is 281 g/mol. The fraction of sp³-hybridized carbons (Fsp3) is 0.353. The van der Waals surface area contributed by atoms with Gasteiger partial charge in [-0.3, -0.25) is 9.89 Å². The van der Waals surface area contributed by atoms with Crippen LogP contribution in [0.3, 0.4) is 0 Å². The van der Waals surface area contributed by atoms with Crippen molar-refractivity contribution in [3.63, 3.8) is 0 Å². The summed E-state index contributed by atoms with van der Waals surface area (Å²) in [6.07, 6.45) is 0. The van der Waals surface area contributed by atoms with E-state index in [-0.39, 0.29) is 0 Å². The summed E-state index contributed by atoms with van der Waals surface area (Å²) in [4.78, 5) is 7.19. The highest BCUT2D eigenvalue weighted by Crippen LogP contribution is 2.32. The Morgan fingerprint density at radius 2 is 1.90 bits per heavy atom. The lowest BCUT2D eigenvalue weighted by Crippen LogP contribution is -2.37. The summed E-state index contributed by atoms with van der Waals surface area (Å²) in [5.74, 6) is 1.01. The van der Waals surface area contributed by atoms with Gasteiger partial charge in [0.1, 0.15) is 5.84 Å². The number of rotatable bonds is 3. The molecule has 0 bridgehead atoms. The second kappa shape index (κ2) is 5.47. The van der Waals surface area contributed by atoms with Gasteiger partial charge in [0.15, 0.2) is 0 Å². The largest absolute Gasteiger partial charge is 0.379 e. The SMILES string of the molecule is c1cc2c3c(cccc3c1)C(=NCCN1CCOCC1)N2. The van der Waals surface area contributed by atoms with Crippen LogP contribution in [0.15, 0.2) is 41.4 Å². The van der Waals surface area contributed by atoms with Crippen molar-refractivity contribution in [1.82, 2.24) is 4.90 Å². The van der Waals surface area contributed by atoms with Gasteiger partial charge in [0.05, 0.1) is 19.8 Å². The van der Waals surface area contributed by atoms with Gasteiger partial charge in [-0.15, -0.1) is 0 Å². The fourth-order valence-electron chi connectivity index (χ4n) is 3.09. The van der Waals surface area contributed by atoms with Crippen molar-refractivity contribution < 1.29 is 4.74 Å². The molecule has 108 valence electrons. The zero-order valence-electron chi connectivity index (χ0n) is 12.0. The summed E-state index contributed by atoms with van der Waals surface area (Å²) in [5, 5.41) is 6.02. The molecule has 21 heavy (non-hydrogen) atoms. The molecule has 2 aromatic rings. The van der Waals surface area contributed by atoms with Crippen molar-refractivity contribution in [3.8, 4) is 0 Å². The van der Waals surface area contributed by atoms with Gasteiger partial charge in [-0.25, -0.2) is 0 Å². The maximum atomic E-state index is 5.37. The van der Waals surface area contributed by atoms with E-state index in [0.717, 1.165) is 45.2 Å². The third-order valence-corrected chi connectivity index (χ3v) is 4.20. The minimum atomic E-state index is 0.826. The van der Waals surface area contributed by atoms with E-state index in [1.54, 1.807) is 0 Å². The van der Waals surface area contributed by atoms with E-state index < -0.39 is 0 Å². The van der Waals surface area contributed by atoms with Gasteiger partial charge in [0.2, 0.25) is 0 Å². The quantitative estimate of drug-likeness (QED) is 0.938. The number of nitrogens with zero attached hydrogens (tertiary/aromatic N) is 2. The van der Waals surface area contributed by atoms with Crippen LogP contribution in [0.1, 0.15) is 5.56 Å². The van der Waals surface area contributed by atoms with Crippen molar-refractivity contribution in [2.75, 3.05) is 44.7 Å². The minimum Gasteiger partial charge on any atom is -0.379 e. The Morgan fingerprint density at radius 1 is 1.10 bits per heavy atom. The highest BCUT2D eigenvalue weighted by Gasteiger charge is 2.18. The summed E-state index contributed by atoms with van der Waals surface area (Å²) >= 11 is 0. The van der Waals surface area contributed by atoms with Crippen LogP contribution in [0.2, 0.25) is 0 Å². The van der Waals surface area contributed by atoms with Gasteiger partial charge in [-0.2, -0.15) is 0 Å². The normalized spacial score (nSPS) is 20.1. The summed E-state index contributed by atoms with van der Waals surface area (Å²) in [5.41, 5.74) is 2.40. The van der Waals surface area contributed by atoms with E-state index in [1.807, 2.05) is 0 Å². The van der Waals surface area contributed by atoms with Crippen molar-refractivity contribution in [3.05, 3.63) is 42.0 Å². The molecule has 4 heteroatoms. The van der Waals surface area contributed by atoms with Crippen molar-refractivity contribution in [2.45, 2.75) is 0 Å². The Morgan fingerprint density at radius 3 is 2.76 bits per heavy atom. The van der Waals surface area contributed by atoms with Crippen LogP contribution in [0, 0.1) is 0 Å². The summed E-state index contributed by atoms with van der Waals surface area (Å²) < 4.78 is 5.37. The van der Waals surface area contributed by atoms with Gasteiger partial charge in [-0.1, -0.05) is 30.3 Å². The molecule has 2 aliphatic heterocycles. The number of hydrogen-bond donors (Lipinski definition) is 1. The maximum Gasteiger partial charge on any atom is 0.133 e. The predicted octanol–water partition coefficient (Wildman–Crippen LogP) is 2.34. The molecule has 0 atom stereocenters. The number of aliphatic imine (C=N–C) groups is 1. The number of ether oxygens (including phenoxy) is 1. The molecule has 0 aliphatic carbocycles. The number of hydrogen-bond acceptors (Lipinski definition) is 3. The van der Waals surface area contributed by atoms with Gasteiger partial charge in [0, 0.05) is 36.3 Å². The molecule has 0 unspecified atom stereocenters. The Labute approximate surface area is 124 Å². The van der Waals surface area contributed by atoms with Crippen LogP contribution in [0.4, 0.5) is 5.69 Å². The number of morpholine rings is 1. The molecule has 0 amide bonds. The highest BCUT2D eigenvalue weighted by atomic mass is 16.5. The molecule has 2 aromatic carbocycles. The average Bonchev–Trinajstić information content (AvgIpc) is 2.89. The van der Waals surface area contributed by atoms with E-state index in [0.29, 0.717) is 0 Å². The first kappa shape index (κ1) is 12.8. The van der Waals surface area contributed by atoms with Crippen molar-refractivity contribution >= 4 is 22.3 Å². The van der Waals surface area contributed by atoms with E-state index in [2.05, 4.69) is 46.6 Å². The molecule has 2 aliphatic rings. The fourth-order valence-corrected chi connectivity index (χ4v) is 3.09. The van der Waals surface area contributed by atoms with Crippen LogP contribution >= 0.6 is 0 Å². The second-order valence-electron chi connectivity index (χ2n) is 5.52. The molecule has 2 heterocycles. The number of benzene rings is 2. The number of nitrogens with one attached hydrogen (secondary N) is 1. The van der Waals surface area contributed by atoms with Gasteiger partial charge in [-0.05, 0) is 11.5 Å². The Balaban J connectivity index is 1.52. The predicted molar refractivity (Wildman–Crippen MR) is 86.2 cm³/mol. The molecular formula is C17H19N3O. The van der Waals surface area contributed by atoms with E-state index in [1.165, 1.54) is 22.0 Å². The molecule has 0 saturated carbocycles. The molecule has 0 radical (unpaired) electrons. The summed E-state index contributed by atoms with van der Waals surface area (Å²) in [7, 11) is 0. The molecule has 1 saturated heterocycles. The summed E-state index contributed by atoms with van der Waals surface area (Å²) in [6.45, 7) is 5.56. The number of amidine groups is 1. The lowest BCUT2D eigenvalue weighted by molar-refractivity contribution is 0.0394. The molecule has 1 fully saturated rings. The monoisotopic (exact) mass is 281 g/mol. The minimum absolute atomic E-state index is 0.826. The van der Waals surface area contributed by atoms with Crippen LogP contribution < -0.4 is 5.32 Å². The maximum absolute atomic E-state index is 5.37. The lowest BCUT2D eigenvalue weighted by Gasteiger charge is -2.25. The van der Waals surface area contributed by atoms with Gasteiger partial charge in [0.25, 0.3) is 0 Å². The number of anilines is 1. The van der Waals surface area contributed by atoms with Crippen LogP contribution in [-0.4, -0.2) is 50.1 Å². The lowest BCUT2D eigenvalue weighted by atomic mass is 10.1. The first-order valence-corrected chi connectivity index (χ1v) is 7.55. The molecule has 4 nitrogen and oxygen atoms in total. The van der Waals surface area contributed by atoms with Crippen LogP contribution in [0.5, 0.6) is 0 Å². The topological polar surface area (TPSA) is 36.9 Å². The summed E-state index contributed by atoms with van der Waals surface area (Å²) in [6, 6.07) is 12.8. The van der Waals surface area contributed by atoms with Crippen molar-refractivity contribution in [2.24, 2.45) is 4.99 Å². The van der Waals surface area contributed by atoms with E-state index in [9.17, 15) is 0 Å². The Kier molecular flexibility index (Phi) is 3.33.